The molecular weight excluding hydrogens is 242 g/mol. The van der Waals surface area contributed by atoms with Crippen molar-refractivity contribution in [3.8, 4) is 0 Å². The number of pyridine rings is 1. The van der Waals surface area contributed by atoms with E-state index in [1.807, 2.05) is 0 Å². The monoisotopic (exact) mass is 261 g/mol. The molecule has 0 aliphatic heterocycles. The molecule has 0 amide bonds. The van der Waals surface area contributed by atoms with Crippen LogP contribution >= 0.6 is 11.6 Å². The van der Waals surface area contributed by atoms with E-state index >= 15 is 0 Å². The number of para-hydroxylation sites is 1. The van der Waals surface area contributed by atoms with Crippen LogP contribution in [0.25, 0.3) is 10.9 Å². The van der Waals surface area contributed by atoms with Gasteiger partial charge in [0.25, 0.3) is 0 Å². The summed E-state index contributed by atoms with van der Waals surface area (Å²) in [5.41, 5.74) is 3.47. The van der Waals surface area contributed by atoms with Crippen molar-refractivity contribution in [2.45, 2.75) is 46.0 Å². The molecular formula is C16H20ClN. The average molecular weight is 262 g/mol. The van der Waals surface area contributed by atoms with Gasteiger partial charge in [0.15, 0.2) is 0 Å². The first kappa shape index (κ1) is 13.4. The second-order valence-electron chi connectivity index (χ2n) is 6.15. The number of rotatable bonds is 1. The SMILES string of the molecule is CC(C)c1cc2cccc(C(C)(C)C)c2nc1Cl. The fourth-order valence-corrected chi connectivity index (χ4v) is 2.56. The van der Waals surface area contributed by atoms with Crippen molar-refractivity contribution in [1.29, 1.82) is 0 Å². The van der Waals surface area contributed by atoms with E-state index in [1.165, 1.54) is 10.9 Å². The molecule has 2 rings (SSSR count). The molecule has 0 fully saturated rings. The highest BCUT2D eigenvalue weighted by Gasteiger charge is 2.19. The maximum absolute atomic E-state index is 6.31. The Balaban J connectivity index is 2.77. The van der Waals surface area contributed by atoms with Crippen LogP contribution < -0.4 is 0 Å². The number of hydrogen-bond acceptors (Lipinski definition) is 1. The predicted octanol–water partition coefficient (Wildman–Crippen LogP) is 5.31. The summed E-state index contributed by atoms with van der Waals surface area (Å²) >= 11 is 6.31. The van der Waals surface area contributed by atoms with Gasteiger partial charge >= 0.3 is 0 Å². The number of halogens is 1. The summed E-state index contributed by atoms with van der Waals surface area (Å²) in [6.07, 6.45) is 0. The number of hydrogen-bond donors (Lipinski definition) is 0. The highest BCUT2D eigenvalue weighted by molar-refractivity contribution is 6.30. The highest BCUT2D eigenvalue weighted by Crippen LogP contribution is 2.32. The number of fused-ring (bicyclic) bond motifs is 1. The van der Waals surface area contributed by atoms with Gasteiger partial charge in [-0.1, -0.05) is 64.4 Å². The second kappa shape index (κ2) is 4.55. The van der Waals surface area contributed by atoms with E-state index in [4.69, 9.17) is 11.6 Å². The molecule has 0 bridgehead atoms. The topological polar surface area (TPSA) is 12.9 Å². The Morgan fingerprint density at radius 3 is 2.39 bits per heavy atom. The third-order valence-corrected chi connectivity index (χ3v) is 3.56. The molecule has 0 spiro atoms. The summed E-state index contributed by atoms with van der Waals surface area (Å²) < 4.78 is 0. The lowest BCUT2D eigenvalue weighted by Gasteiger charge is -2.21. The Morgan fingerprint density at radius 2 is 1.83 bits per heavy atom. The van der Waals surface area contributed by atoms with Crippen LogP contribution in [0.3, 0.4) is 0 Å². The Bertz CT molecular complexity index is 579. The van der Waals surface area contributed by atoms with E-state index in [-0.39, 0.29) is 5.41 Å². The van der Waals surface area contributed by atoms with Gasteiger partial charge in [-0.15, -0.1) is 0 Å². The van der Waals surface area contributed by atoms with Gasteiger partial charge in [-0.05, 0) is 28.5 Å². The van der Waals surface area contributed by atoms with Crippen LogP contribution in [0.15, 0.2) is 24.3 Å². The Kier molecular flexibility index (Phi) is 3.37. The van der Waals surface area contributed by atoms with Gasteiger partial charge in [0, 0.05) is 5.39 Å². The van der Waals surface area contributed by atoms with Crippen LogP contribution in [0, 0.1) is 0 Å². The minimum absolute atomic E-state index is 0.0786. The van der Waals surface area contributed by atoms with Gasteiger partial charge in [-0.2, -0.15) is 0 Å². The molecule has 0 aliphatic carbocycles. The normalized spacial score (nSPS) is 12.4. The van der Waals surface area contributed by atoms with Crippen molar-refractivity contribution in [3.63, 3.8) is 0 Å². The zero-order chi connectivity index (χ0) is 13.5. The molecule has 1 nitrogen and oxygen atoms in total. The molecule has 0 N–H and O–H groups in total. The molecule has 18 heavy (non-hydrogen) atoms. The molecule has 2 aromatic rings. The van der Waals surface area contributed by atoms with Gasteiger partial charge in [0.2, 0.25) is 0 Å². The zero-order valence-corrected chi connectivity index (χ0v) is 12.5. The third kappa shape index (κ3) is 2.37. The van der Waals surface area contributed by atoms with Crippen LogP contribution in [0.5, 0.6) is 0 Å². The lowest BCUT2D eigenvalue weighted by Crippen LogP contribution is -2.12. The van der Waals surface area contributed by atoms with Crippen LogP contribution in [0.1, 0.15) is 51.7 Å². The zero-order valence-electron chi connectivity index (χ0n) is 11.7. The van der Waals surface area contributed by atoms with Crippen molar-refractivity contribution >= 4 is 22.5 Å². The largest absolute Gasteiger partial charge is 0.235 e. The molecule has 0 radical (unpaired) electrons. The maximum Gasteiger partial charge on any atom is 0.133 e. The fraction of sp³-hybridized carbons (Fsp3) is 0.438. The van der Waals surface area contributed by atoms with Gasteiger partial charge in [-0.25, -0.2) is 4.98 Å². The summed E-state index contributed by atoms with van der Waals surface area (Å²) in [5, 5.41) is 1.81. The molecule has 0 unspecified atom stereocenters. The molecule has 0 aliphatic rings. The minimum atomic E-state index is 0.0786. The fourth-order valence-electron chi connectivity index (χ4n) is 2.20. The maximum atomic E-state index is 6.31. The van der Waals surface area contributed by atoms with Gasteiger partial charge in [-0.3, -0.25) is 0 Å². The van der Waals surface area contributed by atoms with Crippen molar-refractivity contribution in [1.82, 2.24) is 4.98 Å². The van der Waals surface area contributed by atoms with Crippen molar-refractivity contribution in [2.75, 3.05) is 0 Å². The number of benzene rings is 1. The molecule has 0 saturated heterocycles. The molecule has 0 saturated carbocycles. The van der Waals surface area contributed by atoms with Crippen LogP contribution in [0.4, 0.5) is 0 Å². The van der Waals surface area contributed by atoms with Crippen LogP contribution in [-0.4, -0.2) is 4.98 Å². The van der Waals surface area contributed by atoms with E-state index in [0.29, 0.717) is 11.1 Å². The van der Waals surface area contributed by atoms with Gasteiger partial charge in [0.05, 0.1) is 5.52 Å². The van der Waals surface area contributed by atoms with Crippen molar-refractivity contribution in [3.05, 3.63) is 40.5 Å². The van der Waals surface area contributed by atoms with Crippen LogP contribution in [0.2, 0.25) is 5.15 Å². The molecule has 0 atom stereocenters. The smallest absolute Gasteiger partial charge is 0.133 e. The average Bonchev–Trinajstić information content (AvgIpc) is 2.25. The summed E-state index contributed by atoms with van der Waals surface area (Å²) in [6, 6.07) is 8.52. The van der Waals surface area contributed by atoms with E-state index < -0.39 is 0 Å². The molecule has 1 aromatic heterocycles. The number of aromatic nitrogens is 1. The van der Waals surface area contributed by atoms with Gasteiger partial charge in [0.1, 0.15) is 5.15 Å². The van der Waals surface area contributed by atoms with E-state index in [2.05, 4.69) is 63.9 Å². The van der Waals surface area contributed by atoms with E-state index in [0.717, 1.165) is 11.1 Å². The highest BCUT2D eigenvalue weighted by atomic mass is 35.5. The lowest BCUT2D eigenvalue weighted by molar-refractivity contribution is 0.594. The first-order valence-electron chi connectivity index (χ1n) is 6.40. The van der Waals surface area contributed by atoms with Crippen LogP contribution in [-0.2, 0) is 5.41 Å². The summed E-state index contributed by atoms with van der Waals surface area (Å²) in [5.74, 6) is 0.396. The number of nitrogens with zero attached hydrogens (tertiary/aromatic N) is 1. The lowest BCUT2D eigenvalue weighted by atomic mass is 9.85. The Labute approximate surface area is 114 Å². The summed E-state index contributed by atoms with van der Waals surface area (Å²) in [4.78, 5) is 4.63. The van der Waals surface area contributed by atoms with Gasteiger partial charge < -0.3 is 0 Å². The van der Waals surface area contributed by atoms with E-state index in [9.17, 15) is 0 Å². The predicted molar refractivity (Wildman–Crippen MR) is 79.5 cm³/mol. The second-order valence-corrected chi connectivity index (χ2v) is 6.51. The summed E-state index contributed by atoms with van der Waals surface area (Å²) in [7, 11) is 0. The van der Waals surface area contributed by atoms with E-state index in [1.54, 1.807) is 0 Å². The molecule has 2 heteroatoms. The first-order chi connectivity index (χ1) is 8.30. The standard InChI is InChI=1S/C16H20ClN/c1-10(2)12-9-11-7-6-8-13(16(3,4)5)14(11)18-15(12)17/h6-10H,1-5H3. The quantitative estimate of drug-likeness (QED) is 0.634. The first-order valence-corrected chi connectivity index (χ1v) is 6.78. The van der Waals surface area contributed by atoms with Crippen molar-refractivity contribution < 1.29 is 0 Å². The Morgan fingerprint density at radius 1 is 1.17 bits per heavy atom. The molecule has 1 heterocycles. The molecule has 96 valence electrons. The molecule has 1 aromatic carbocycles. The Hall–Kier alpha value is -1.08. The van der Waals surface area contributed by atoms with Crippen molar-refractivity contribution in [2.24, 2.45) is 0 Å². The third-order valence-electron chi connectivity index (χ3n) is 3.26. The minimum Gasteiger partial charge on any atom is -0.235 e. The summed E-state index contributed by atoms with van der Waals surface area (Å²) in [6.45, 7) is 10.9.